The summed E-state index contributed by atoms with van der Waals surface area (Å²) in [7, 11) is -4.28. The molecule has 0 atom stereocenters. The summed E-state index contributed by atoms with van der Waals surface area (Å²) in [4.78, 5) is 11.2. The van der Waals surface area contributed by atoms with Gasteiger partial charge in [0.25, 0.3) is 15.9 Å². The quantitative estimate of drug-likeness (QED) is 0.600. The first-order chi connectivity index (χ1) is 11.7. The highest BCUT2D eigenvalue weighted by atomic mass is 35.5. The van der Waals surface area contributed by atoms with Crippen LogP contribution < -0.4 is 10.5 Å². The summed E-state index contributed by atoms with van der Waals surface area (Å²) in [6, 6.07) is 9.12. The number of carbonyl (C=O) groups excluding carboxylic acids is 1. The van der Waals surface area contributed by atoms with Crippen molar-refractivity contribution in [3.8, 4) is 5.75 Å². The average molecular weight is 417 g/mol. The molecule has 3 rings (SSSR count). The number of nitrogens with two attached hydrogens (primary N) is 1. The van der Waals surface area contributed by atoms with E-state index in [-0.39, 0.29) is 20.6 Å². The van der Waals surface area contributed by atoms with Crippen molar-refractivity contribution in [3.05, 3.63) is 51.3 Å². The predicted octanol–water partition coefficient (Wildman–Crippen LogP) is 3.81. The molecule has 0 bridgehead atoms. The standard InChI is InChI=1S/C15H10Cl2N2O4S2/c16-7-5-9(17)13(20)11(6-7)25(22,23)19-12-8-3-1-2-4-10(8)24-14(12)15(18)21/h1-6,19-20H,(H2,18,21). The minimum absolute atomic E-state index is 0.0356. The number of amides is 1. The van der Waals surface area contributed by atoms with E-state index in [9.17, 15) is 18.3 Å². The average Bonchev–Trinajstić information content (AvgIpc) is 2.89. The highest BCUT2D eigenvalue weighted by Crippen LogP contribution is 2.39. The molecule has 0 fully saturated rings. The summed E-state index contributed by atoms with van der Waals surface area (Å²) in [5.74, 6) is -1.41. The second kappa shape index (κ2) is 6.38. The molecule has 25 heavy (non-hydrogen) atoms. The zero-order valence-electron chi connectivity index (χ0n) is 12.3. The van der Waals surface area contributed by atoms with E-state index < -0.39 is 26.6 Å². The maximum Gasteiger partial charge on any atom is 0.265 e. The number of rotatable bonds is 4. The minimum Gasteiger partial charge on any atom is -0.505 e. The van der Waals surface area contributed by atoms with Crippen molar-refractivity contribution in [3.63, 3.8) is 0 Å². The summed E-state index contributed by atoms with van der Waals surface area (Å²) in [6.07, 6.45) is 0. The Balaban J connectivity index is 2.19. The Kier molecular flexibility index (Phi) is 4.54. The number of nitrogens with one attached hydrogen (secondary N) is 1. The molecule has 0 aliphatic heterocycles. The number of aromatic hydroxyl groups is 1. The number of sulfonamides is 1. The third-order valence-corrected chi connectivity index (χ3v) is 6.39. The van der Waals surface area contributed by atoms with Gasteiger partial charge in [-0.3, -0.25) is 9.52 Å². The number of benzene rings is 2. The molecule has 2 aromatic carbocycles. The zero-order chi connectivity index (χ0) is 18.4. The predicted molar refractivity (Wildman–Crippen MR) is 99.3 cm³/mol. The van der Waals surface area contributed by atoms with Crippen LogP contribution >= 0.6 is 34.5 Å². The molecule has 0 spiro atoms. The van der Waals surface area contributed by atoms with Crippen molar-refractivity contribution in [2.24, 2.45) is 5.73 Å². The maximum atomic E-state index is 12.7. The molecular weight excluding hydrogens is 407 g/mol. The van der Waals surface area contributed by atoms with Crippen LogP contribution in [-0.2, 0) is 10.0 Å². The van der Waals surface area contributed by atoms with E-state index in [0.717, 1.165) is 17.4 Å². The third-order valence-electron chi connectivity index (χ3n) is 3.34. The van der Waals surface area contributed by atoms with Crippen LogP contribution in [0.5, 0.6) is 5.75 Å². The second-order valence-corrected chi connectivity index (χ2v) is 8.55. The summed E-state index contributed by atoms with van der Waals surface area (Å²) in [5.41, 5.74) is 5.40. The summed E-state index contributed by atoms with van der Waals surface area (Å²) in [6.45, 7) is 0. The Hall–Kier alpha value is -2.00. The van der Waals surface area contributed by atoms with E-state index in [2.05, 4.69) is 4.72 Å². The first-order valence-electron chi connectivity index (χ1n) is 6.73. The number of fused-ring (bicyclic) bond motifs is 1. The van der Waals surface area contributed by atoms with E-state index in [1.807, 2.05) is 0 Å². The molecule has 4 N–H and O–H groups in total. The highest BCUT2D eigenvalue weighted by molar-refractivity contribution is 7.92. The lowest BCUT2D eigenvalue weighted by molar-refractivity contribution is 0.100. The normalized spacial score (nSPS) is 11.6. The van der Waals surface area contributed by atoms with Gasteiger partial charge in [-0.05, 0) is 18.2 Å². The van der Waals surface area contributed by atoms with Gasteiger partial charge in [0.05, 0.1) is 10.7 Å². The number of anilines is 1. The van der Waals surface area contributed by atoms with Gasteiger partial charge in [0, 0.05) is 15.1 Å². The molecule has 1 amide bonds. The lowest BCUT2D eigenvalue weighted by Crippen LogP contribution is -2.17. The van der Waals surface area contributed by atoms with Gasteiger partial charge in [-0.15, -0.1) is 11.3 Å². The number of primary amides is 1. The van der Waals surface area contributed by atoms with Gasteiger partial charge in [0.1, 0.15) is 9.77 Å². The minimum atomic E-state index is -4.28. The second-order valence-electron chi connectivity index (χ2n) is 5.01. The molecule has 3 aromatic rings. The molecule has 10 heteroatoms. The van der Waals surface area contributed by atoms with Gasteiger partial charge in [0.2, 0.25) is 0 Å². The molecule has 6 nitrogen and oxygen atoms in total. The van der Waals surface area contributed by atoms with Crippen LogP contribution in [0.2, 0.25) is 10.0 Å². The number of carbonyl (C=O) groups is 1. The number of thiophene rings is 1. The number of halogens is 2. The summed E-state index contributed by atoms with van der Waals surface area (Å²) < 4.78 is 28.4. The maximum absolute atomic E-state index is 12.7. The van der Waals surface area contributed by atoms with Gasteiger partial charge >= 0.3 is 0 Å². The topological polar surface area (TPSA) is 109 Å². The van der Waals surface area contributed by atoms with E-state index in [0.29, 0.717) is 10.1 Å². The van der Waals surface area contributed by atoms with E-state index >= 15 is 0 Å². The van der Waals surface area contributed by atoms with E-state index in [4.69, 9.17) is 28.9 Å². The van der Waals surface area contributed by atoms with Crippen molar-refractivity contribution in [2.75, 3.05) is 4.72 Å². The zero-order valence-corrected chi connectivity index (χ0v) is 15.4. The molecule has 130 valence electrons. The summed E-state index contributed by atoms with van der Waals surface area (Å²) in [5, 5.41) is 10.3. The Morgan fingerprint density at radius 1 is 1.20 bits per heavy atom. The number of phenolic OH excluding ortho intramolecular Hbond substituents is 1. The van der Waals surface area contributed by atoms with Crippen molar-refractivity contribution in [1.29, 1.82) is 0 Å². The Morgan fingerprint density at radius 2 is 1.88 bits per heavy atom. The van der Waals surface area contributed by atoms with Crippen molar-refractivity contribution in [2.45, 2.75) is 4.90 Å². The van der Waals surface area contributed by atoms with Gasteiger partial charge in [-0.2, -0.15) is 0 Å². The van der Waals surface area contributed by atoms with Crippen LogP contribution in [0.1, 0.15) is 9.67 Å². The van der Waals surface area contributed by atoms with Crippen LogP contribution in [0.3, 0.4) is 0 Å². The molecule has 0 saturated heterocycles. The lowest BCUT2D eigenvalue weighted by atomic mass is 10.2. The molecule has 1 aromatic heterocycles. The monoisotopic (exact) mass is 416 g/mol. The fourth-order valence-corrected chi connectivity index (χ4v) is 5.18. The molecule has 0 aliphatic rings. The largest absolute Gasteiger partial charge is 0.505 e. The first-order valence-corrected chi connectivity index (χ1v) is 9.78. The van der Waals surface area contributed by atoms with Crippen molar-refractivity contribution < 1.29 is 18.3 Å². The van der Waals surface area contributed by atoms with Gasteiger partial charge in [0.15, 0.2) is 5.75 Å². The van der Waals surface area contributed by atoms with E-state index in [1.54, 1.807) is 24.3 Å². The van der Waals surface area contributed by atoms with Crippen molar-refractivity contribution >= 4 is 66.2 Å². The van der Waals surface area contributed by atoms with Crippen LogP contribution in [-0.4, -0.2) is 19.4 Å². The van der Waals surface area contributed by atoms with E-state index in [1.165, 1.54) is 6.07 Å². The highest BCUT2D eigenvalue weighted by Gasteiger charge is 2.26. The SMILES string of the molecule is NC(=O)c1sc2ccccc2c1NS(=O)(=O)c1cc(Cl)cc(Cl)c1O. The number of hydrogen-bond donors (Lipinski definition) is 3. The smallest absolute Gasteiger partial charge is 0.265 e. The first kappa shape index (κ1) is 17.8. The number of hydrogen-bond acceptors (Lipinski definition) is 5. The molecule has 1 heterocycles. The fraction of sp³-hybridized carbons (Fsp3) is 0. The third kappa shape index (κ3) is 3.25. The van der Waals surface area contributed by atoms with Crippen LogP contribution in [0.25, 0.3) is 10.1 Å². The Morgan fingerprint density at radius 3 is 2.56 bits per heavy atom. The molecular formula is C15H10Cl2N2O4S2. The molecule has 0 aliphatic carbocycles. The fourth-order valence-electron chi connectivity index (χ4n) is 2.26. The van der Waals surface area contributed by atoms with Gasteiger partial charge in [-0.25, -0.2) is 8.42 Å². The van der Waals surface area contributed by atoms with Crippen molar-refractivity contribution in [1.82, 2.24) is 0 Å². The van der Waals surface area contributed by atoms with Crippen LogP contribution in [0.4, 0.5) is 5.69 Å². The van der Waals surface area contributed by atoms with Crippen LogP contribution in [0.15, 0.2) is 41.3 Å². The summed E-state index contributed by atoms with van der Waals surface area (Å²) >= 11 is 12.7. The van der Waals surface area contributed by atoms with Crippen LogP contribution in [0, 0.1) is 0 Å². The van der Waals surface area contributed by atoms with Gasteiger partial charge in [-0.1, -0.05) is 41.4 Å². The Bertz CT molecular complexity index is 1110. The lowest BCUT2D eigenvalue weighted by Gasteiger charge is -2.11. The Labute approximate surface area is 156 Å². The van der Waals surface area contributed by atoms with Gasteiger partial charge < -0.3 is 10.8 Å². The number of phenols is 1. The molecule has 0 saturated carbocycles. The molecule has 0 radical (unpaired) electrons. The molecule has 0 unspecified atom stereocenters.